The molecule has 0 unspecified atom stereocenters. The van der Waals surface area contributed by atoms with Gasteiger partial charge in [-0.15, -0.1) is 0 Å². The molecule has 0 radical (unpaired) electrons. The first-order valence-electron chi connectivity index (χ1n) is 12.4. The van der Waals surface area contributed by atoms with E-state index in [4.69, 9.17) is 14.2 Å². The average Bonchev–Trinajstić information content (AvgIpc) is 2.89. The topological polar surface area (TPSA) is 118 Å². The van der Waals surface area contributed by atoms with Crippen LogP contribution in [0.2, 0.25) is 0 Å². The van der Waals surface area contributed by atoms with Gasteiger partial charge < -0.3 is 35.1 Å². The van der Waals surface area contributed by atoms with E-state index in [2.05, 4.69) is 16.0 Å². The zero-order valence-electron chi connectivity index (χ0n) is 21.8. The van der Waals surface area contributed by atoms with Gasteiger partial charge >= 0.3 is 6.03 Å². The van der Waals surface area contributed by atoms with Gasteiger partial charge in [0.2, 0.25) is 11.8 Å². The van der Waals surface area contributed by atoms with Crippen molar-refractivity contribution < 1.29 is 28.6 Å². The predicted octanol–water partition coefficient (Wildman–Crippen LogP) is 2.96. The van der Waals surface area contributed by atoms with Crippen molar-refractivity contribution in [3.63, 3.8) is 0 Å². The molecule has 4 amide bonds. The van der Waals surface area contributed by atoms with E-state index in [1.54, 1.807) is 43.4 Å². The number of piperidine rings is 1. The van der Waals surface area contributed by atoms with Crippen LogP contribution in [0.4, 0.5) is 10.5 Å². The van der Waals surface area contributed by atoms with E-state index in [1.807, 2.05) is 25.1 Å². The van der Waals surface area contributed by atoms with E-state index >= 15 is 0 Å². The second-order valence-electron chi connectivity index (χ2n) is 8.80. The van der Waals surface area contributed by atoms with Crippen molar-refractivity contribution >= 4 is 23.5 Å². The molecule has 3 N–H and O–H groups in total. The molecule has 10 nitrogen and oxygen atoms in total. The summed E-state index contributed by atoms with van der Waals surface area (Å²) in [7, 11) is 3.10. The molecule has 1 heterocycles. The lowest BCUT2D eigenvalue weighted by atomic mass is 10.0. The minimum atomic E-state index is -0.739. The van der Waals surface area contributed by atoms with Gasteiger partial charge in [-0.25, -0.2) is 4.79 Å². The van der Waals surface area contributed by atoms with Crippen molar-refractivity contribution in [3.8, 4) is 17.2 Å². The fourth-order valence-corrected chi connectivity index (χ4v) is 4.23. The molecule has 200 valence electrons. The monoisotopic (exact) mass is 512 g/mol. The van der Waals surface area contributed by atoms with Crippen LogP contribution < -0.4 is 30.2 Å². The number of rotatable bonds is 10. The van der Waals surface area contributed by atoms with Crippen molar-refractivity contribution in [2.75, 3.05) is 39.2 Å². The van der Waals surface area contributed by atoms with Crippen molar-refractivity contribution in [2.45, 2.75) is 45.2 Å². The quantitative estimate of drug-likeness (QED) is 0.451. The van der Waals surface area contributed by atoms with Gasteiger partial charge in [0.05, 0.1) is 20.8 Å². The van der Waals surface area contributed by atoms with E-state index in [9.17, 15) is 14.4 Å². The number of likely N-dealkylation sites (tertiary alicyclic amines) is 1. The number of carbonyl (C=O) groups excluding carboxylic acids is 3. The van der Waals surface area contributed by atoms with Gasteiger partial charge in [-0.2, -0.15) is 0 Å². The Hall–Kier alpha value is -3.95. The van der Waals surface area contributed by atoms with Crippen LogP contribution in [0.15, 0.2) is 42.5 Å². The highest BCUT2D eigenvalue weighted by Crippen LogP contribution is 2.28. The number of methoxy groups -OCH3 is 2. The number of amides is 4. The van der Waals surface area contributed by atoms with Gasteiger partial charge in [-0.1, -0.05) is 6.07 Å². The lowest BCUT2D eigenvalue weighted by Gasteiger charge is -2.33. The zero-order chi connectivity index (χ0) is 26.8. The van der Waals surface area contributed by atoms with E-state index in [1.165, 1.54) is 6.92 Å². The van der Waals surface area contributed by atoms with Crippen LogP contribution >= 0.6 is 0 Å². The molecular formula is C27H36N4O6. The molecule has 10 heteroatoms. The number of benzene rings is 2. The third kappa shape index (κ3) is 8.03. The Kier molecular flexibility index (Phi) is 10.00. The van der Waals surface area contributed by atoms with E-state index in [-0.39, 0.29) is 23.9 Å². The molecule has 0 aromatic heterocycles. The number of anilines is 1. The first-order valence-corrected chi connectivity index (χ1v) is 12.4. The Bertz CT molecular complexity index is 1070. The smallest absolute Gasteiger partial charge is 0.321 e. The van der Waals surface area contributed by atoms with Gasteiger partial charge in [0.25, 0.3) is 0 Å². The van der Waals surface area contributed by atoms with E-state index < -0.39 is 6.04 Å². The number of carbonyl (C=O) groups is 3. The molecule has 1 atom stereocenters. The molecule has 2 aromatic carbocycles. The minimum Gasteiger partial charge on any atom is -0.494 e. The molecule has 1 fully saturated rings. The summed E-state index contributed by atoms with van der Waals surface area (Å²) < 4.78 is 16.0. The second-order valence-corrected chi connectivity index (χ2v) is 8.80. The number of nitrogens with zero attached hydrogens (tertiary/aromatic N) is 1. The number of hydrogen-bond donors (Lipinski definition) is 3. The van der Waals surface area contributed by atoms with Crippen molar-refractivity contribution in [2.24, 2.45) is 0 Å². The van der Waals surface area contributed by atoms with E-state index in [0.29, 0.717) is 56.1 Å². The Labute approximate surface area is 217 Å². The summed E-state index contributed by atoms with van der Waals surface area (Å²) in [5, 5.41) is 8.68. The fourth-order valence-electron chi connectivity index (χ4n) is 4.23. The summed E-state index contributed by atoms with van der Waals surface area (Å²) in [5.41, 5.74) is 1.52. The highest BCUT2D eigenvalue weighted by atomic mass is 16.5. The molecule has 1 aliphatic rings. The molecule has 0 spiro atoms. The highest BCUT2D eigenvalue weighted by molar-refractivity contribution is 5.89. The largest absolute Gasteiger partial charge is 0.494 e. The summed E-state index contributed by atoms with van der Waals surface area (Å²) in [6.45, 7) is 4.90. The lowest BCUT2D eigenvalue weighted by molar-refractivity contribution is -0.128. The maximum absolute atomic E-state index is 13.1. The van der Waals surface area contributed by atoms with Gasteiger partial charge in [-0.3, -0.25) is 9.59 Å². The number of hydrogen-bond acceptors (Lipinski definition) is 6. The zero-order valence-corrected chi connectivity index (χ0v) is 21.8. The Morgan fingerprint density at radius 3 is 2.27 bits per heavy atom. The highest BCUT2D eigenvalue weighted by Gasteiger charge is 2.27. The Morgan fingerprint density at radius 2 is 1.68 bits per heavy atom. The molecule has 0 saturated carbocycles. The van der Waals surface area contributed by atoms with E-state index in [0.717, 1.165) is 11.3 Å². The average molecular weight is 513 g/mol. The molecule has 37 heavy (non-hydrogen) atoms. The van der Waals surface area contributed by atoms with Crippen molar-refractivity contribution in [1.82, 2.24) is 15.5 Å². The summed E-state index contributed by atoms with van der Waals surface area (Å²) in [5.74, 6) is 1.34. The summed E-state index contributed by atoms with van der Waals surface area (Å²) in [6, 6.07) is 11.6. The lowest BCUT2D eigenvalue weighted by Crippen LogP contribution is -2.53. The Balaban J connectivity index is 1.53. The molecule has 2 aromatic rings. The molecule has 1 aliphatic heterocycles. The first-order chi connectivity index (χ1) is 17.8. The molecule has 3 rings (SSSR count). The predicted molar refractivity (Wildman–Crippen MR) is 140 cm³/mol. The standard InChI is InChI=1S/C27H36N4O6/c1-5-37-22-9-7-20(8-10-22)30-27(34)31-14-12-21(13-15-31)29-26(33)23(28-18(2)32)16-19-6-11-24(35-3)25(17-19)36-4/h6-11,17,21,23H,5,12-16H2,1-4H3,(H,28,32)(H,29,33)(H,30,34)/t23-/m1/s1. The Morgan fingerprint density at radius 1 is 1.00 bits per heavy atom. The summed E-state index contributed by atoms with van der Waals surface area (Å²) in [4.78, 5) is 39.3. The number of nitrogens with one attached hydrogen (secondary N) is 3. The second kappa shape index (κ2) is 13.4. The van der Waals surface area contributed by atoms with Crippen LogP contribution in [0, 0.1) is 0 Å². The van der Waals surface area contributed by atoms with Crippen molar-refractivity contribution in [3.05, 3.63) is 48.0 Å². The van der Waals surface area contributed by atoms with Crippen LogP contribution in [0.3, 0.4) is 0 Å². The third-order valence-corrected chi connectivity index (χ3v) is 6.13. The fraction of sp³-hybridized carbons (Fsp3) is 0.444. The summed E-state index contributed by atoms with van der Waals surface area (Å²) in [6.07, 6.45) is 1.53. The minimum absolute atomic E-state index is 0.0938. The molecule has 0 bridgehead atoms. The van der Waals surface area contributed by atoms with Crippen LogP contribution in [-0.2, 0) is 16.0 Å². The van der Waals surface area contributed by atoms with Gasteiger partial charge in [-0.05, 0) is 61.7 Å². The van der Waals surface area contributed by atoms with Crippen LogP contribution in [-0.4, -0.2) is 68.7 Å². The maximum Gasteiger partial charge on any atom is 0.321 e. The SMILES string of the molecule is CCOc1ccc(NC(=O)N2CCC(NC(=O)[C@@H](Cc3ccc(OC)c(OC)c3)NC(C)=O)CC2)cc1. The third-order valence-electron chi connectivity index (χ3n) is 6.13. The molecule has 1 saturated heterocycles. The van der Waals surface area contributed by atoms with Gasteiger partial charge in [0, 0.05) is 38.2 Å². The molecule has 0 aliphatic carbocycles. The molecular weight excluding hydrogens is 476 g/mol. The van der Waals surface area contributed by atoms with Crippen molar-refractivity contribution in [1.29, 1.82) is 0 Å². The van der Waals surface area contributed by atoms with Crippen LogP contribution in [0.5, 0.6) is 17.2 Å². The maximum atomic E-state index is 13.1. The summed E-state index contributed by atoms with van der Waals surface area (Å²) >= 11 is 0. The van der Waals surface area contributed by atoms with Gasteiger partial charge in [0.1, 0.15) is 11.8 Å². The normalized spacial score (nSPS) is 14.3. The number of urea groups is 1. The van der Waals surface area contributed by atoms with Crippen LogP contribution in [0.1, 0.15) is 32.3 Å². The first kappa shape index (κ1) is 27.6. The number of ether oxygens (including phenoxy) is 3. The van der Waals surface area contributed by atoms with Gasteiger partial charge in [0.15, 0.2) is 11.5 Å². The van der Waals surface area contributed by atoms with Crippen LogP contribution in [0.25, 0.3) is 0 Å².